The van der Waals surface area contributed by atoms with Gasteiger partial charge in [0.1, 0.15) is 5.60 Å². The molecule has 136 valence electrons. The molecule has 0 bridgehead atoms. The fourth-order valence-electron chi connectivity index (χ4n) is 3.32. The molecule has 1 heterocycles. The number of ether oxygens (including phenoxy) is 1. The van der Waals surface area contributed by atoms with Crippen molar-refractivity contribution in [2.75, 3.05) is 19.6 Å². The molecular weight excluding hydrogens is 431 g/mol. The summed E-state index contributed by atoms with van der Waals surface area (Å²) in [4.78, 5) is 29.2. The van der Waals surface area contributed by atoms with Crippen molar-refractivity contribution in [3.63, 3.8) is 0 Å². The van der Waals surface area contributed by atoms with E-state index in [9.17, 15) is 9.59 Å². The molecular formula is C19H25IN2O3. The van der Waals surface area contributed by atoms with Crippen molar-refractivity contribution in [1.82, 2.24) is 9.80 Å². The standard InChI is InChI=1S/C19H25IN2O3/c1-13-5-6-14(20)11-15(13)16(23)22-10-9-21(12-19(22)7-8-19)17(24)25-18(2,3)4/h5-6,11H,7-10,12H2,1-4H3. The third kappa shape index (κ3) is 3.93. The third-order valence-corrected chi connectivity index (χ3v) is 5.48. The van der Waals surface area contributed by atoms with Gasteiger partial charge in [0.15, 0.2) is 0 Å². The molecule has 1 aliphatic carbocycles. The van der Waals surface area contributed by atoms with Gasteiger partial charge >= 0.3 is 6.09 Å². The molecule has 0 radical (unpaired) electrons. The second kappa shape index (κ2) is 6.45. The van der Waals surface area contributed by atoms with Crippen molar-refractivity contribution < 1.29 is 14.3 Å². The SMILES string of the molecule is Cc1ccc(I)cc1C(=O)N1CCN(C(=O)OC(C)(C)C)CC12CC2. The van der Waals surface area contributed by atoms with Gasteiger partial charge in [0.05, 0.1) is 5.54 Å². The predicted molar refractivity (Wildman–Crippen MR) is 105 cm³/mol. The molecule has 0 atom stereocenters. The van der Waals surface area contributed by atoms with Gasteiger partial charge in [-0.25, -0.2) is 4.79 Å². The first-order valence-corrected chi connectivity index (χ1v) is 9.75. The Labute approximate surface area is 162 Å². The topological polar surface area (TPSA) is 49.9 Å². The molecule has 1 saturated heterocycles. The Morgan fingerprint density at radius 3 is 2.48 bits per heavy atom. The van der Waals surface area contributed by atoms with Crippen LogP contribution in [0.4, 0.5) is 4.79 Å². The van der Waals surface area contributed by atoms with Crippen LogP contribution in [-0.2, 0) is 4.74 Å². The highest BCUT2D eigenvalue weighted by Crippen LogP contribution is 2.45. The van der Waals surface area contributed by atoms with Gasteiger partial charge < -0.3 is 14.5 Å². The predicted octanol–water partition coefficient (Wildman–Crippen LogP) is 3.83. The fourth-order valence-corrected chi connectivity index (χ4v) is 3.81. The lowest BCUT2D eigenvalue weighted by Gasteiger charge is -2.42. The zero-order chi connectivity index (χ0) is 18.4. The molecule has 1 aliphatic heterocycles. The van der Waals surface area contributed by atoms with Gasteiger partial charge in [0.25, 0.3) is 5.91 Å². The van der Waals surface area contributed by atoms with Gasteiger partial charge in [-0.2, -0.15) is 0 Å². The minimum atomic E-state index is -0.501. The van der Waals surface area contributed by atoms with Crippen LogP contribution in [0.5, 0.6) is 0 Å². The molecule has 1 saturated carbocycles. The zero-order valence-electron chi connectivity index (χ0n) is 15.3. The summed E-state index contributed by atoms with van der Waals surface area (Å²) in [5.74, 6) is 0.0809. The van der Waals surface area contributed by atoms with Gasteiger partial charge in [-0.1, -0.05) is 6.07 Å². The summed E-state index contributed by atoms with van der Waals surface area (Å²) in [6, 6.07) is 5.96. The Morgan fingerprint density at radius 1 is 1.20 bits per heavy atom. The van der Waals surface area contributed by atoms with E-state index in [-0.39, 0.29) is 17.5 Å². The van der Waals surface area contributed by atoms with Crippen LogP contribution in [-0.4, -0.2) is 52.6 Å². The molecule has 25 heavy (non-hydrogen) atoms. The van der Waals surface area contributed by atoms with E-state index in [0.29, 0.717) is 19.6 Å². The second-order valence-electron chi connectivity index (χ2n) is 8.04. The Balaban J connectivity index is 1.75. The lowest BCUT2D eigenvalue weighted by molar-refractivity contribution is 0.000611. The Hall–Kier alpha value is -1.31. The minimum Gasteiger partial charge on any atom is -0.444 e. The monoisotopic (exact) mass is 456 g/mol. The number of carbonyl (C=O) groups is 2. The highest BCUT2D eigenvalue weighted by molar-refractivity contribution is 14.1. The molecule has 2 amide bonds. The van der Waals surface area contributed by atoms with Crippen molar-refractivity contribution in [3.8, 4) is 0 Å². The second-order valence-corrected chi connectivity index (χ2v) is 9.29. The number of hydrogen-bond acceptors (Lipinski definition) is 3. The molecule has 0 N–H and O–H groups in total. The fraction of sp³-hybridized carbons (Fsp3) is 0.579. The molecule has 0 unspecified atom stereocenters. The van der Waals surface area contributed by atoms with Crippen LogP contribution in [0.1, 0.15) is 49.5 Å². The van der Waals surface area contributed by atoms with E-state index in [4.69, 9.17) is 4.74 Å². The van der Waals surface area contributed by atoms with Crippen LogP contribution in [0.3, 0.4) is 0 Å². The van der Waals surface area contributed by atoms with Crippen molar-refractivity contribution in [1.29, 1.82) is 0 Å². The third-order valence-electron chi connectivity index (χ3n) is 4.81. The Morgan fingerprint density at radius 2 is 1.88 bits per heavy atom. The van der Waals surface area contributed by atoms with Crippen molar-refractivity contribution in [2.45, 2.75) is 51.7 Å². The zero-order valence-corrected chi connectivity index (χ0v) is 17.4. The highest BCUT2D eigenvalue weighted by atomic mass is 127. The first kappa shape index (κ1) is 18.5. The van der Waals surface area contributed by atoms with Crippen LogP contribution < -0.4 is 0 Å². The molecule has 1 aromatic rings. The first-order chi connectivity index (χ1) is 11.6. The van der Waals surface area contributed by atoms with Gasteiger partial charge in [-0.05, 0) is 80.8 Å². The van der Waals surface area contributed by atoms with E-state index in [2.05, 4.69) is 22.6 Å². The van der Waals surface area contributed by atoms with Crippen molar-refractivity contribution in [3.05, 3.63) is 32.9 Å². The van der Waals surface area contributed by atoms with Crippen molar-refractivity contribution >= 4 is 34.6 Å². The van der Waals surface area contributed by atoms with Gasteiger partial charge in [-0.3, -0.25) is 4.79 Å². The first-order valence-electron chi connectivity index (χ1n) is 8.67. The van der Waals surface area contributed by atoms with E-state index < -0.39 is 5.60 Å². The maximum atomic E-state index is 13.1. The summed E-state index contributed by atoms with van der Waals surface area (Å²) < 4.78 is 6.56. The maximum absolute atomic E-state index is 13.1. The summed E-state index contributed by atoms with van der Waals surface area (Å²) in [5.41, 5.74) is 1.05. The number of halogens is 1. The Bertz CT molecular complexity index is 707. The summed E-state index contributed by atoms with van der Waals surface area (Å²) in [5, 5.41) is 0. The molecule has 1 spiro atoms. The molecule has 2 aliphatic rings. The lowest BCUT2D eigenvalue weighted by atomic mass is 10.0. The number of amides is 2. The molecule has 6 heteroatoms. The Kier molecular flexibility index (Phi) is 4.77. The summed E-state index contributed by atoms with van der Waals surface area (Å²) in [6.07, 6.45) is 1.61. The number of piperazine rings is 1. The van der Waals surface area contributed by atoms with Gasteiger partial charge in [0.2, 0.25) is 0 Å². The quantitative estimate of drug-likeness (QED) is 0.604. The molecule has 1 aromatic carbocycles. The number of carbonyl (C=O) groups excluding carboxylic acids is 2. The van der Waals surface area contributed by atoms with Gasteiger partial charge in [-0.15, -0.1) is 0 Å². The maximum Gasteiger partial charge on any atom is 0.410 e. The van der Waals surface area contributed by atoms with E-state index in [0.717, 1.165) is 27.5 Å². The van der Waals surface area contributed by atoms with Gasteiger partial charge in [0, 0.05) is 28.8 Å². The van der Waals surface area contributed by atoms with Crippen LogP contribution in [0.15, 0.2) is 18.2 Å². The van der Waals surface area contributed by atoms with E-state index >= 15 is 0 Å². The number of hydrogen-bond donors (Lipinski definition) is 0. The largest absolute Gasteiger partial charge is 0.444 e. The molecule has 5 nitrogen and oxygen atoms in total. The van der Waals surface area contributed by atoms with E-state index in [1.807, 2.05) is 50.8 Å². The normalized spacial score (nSPS) is 19.1. The average molecular weight is 456 g/mol. The highest BCUT2D eigenvalue weighted by Gasteiger charge is 2.54. The summed E-state index contributed by atoms with van der Waals surface area (Å²) in [6.45, 7) is 9.23. The van der Waals surface area contributed by atoms with Crippen LogP contribution in [0.25, 0.3) is 0 Å². The number of rotatable bonds is 1. The minimum absolute atomic E-state index is 0.0809. The number of nitrogens with zero attached hydrogens (tertiary/aromatic N) is 2. The summed E-state index contributed by atoms with van der Waals surface area (Å²) in [7, 11) is 0. The number of aryl methyl sites for hydroxylation is 1. The molecule has 3 rings (SSSR count). The molecule has 0 aromatic heterocycles. The van der Waals surface area contributed by atoms with Crippen LogP contribution in [0, 0.1) is 10.5 Å². The lowest BCUT2D eigenvalue weighted by Crippen LogP contribution is -2.58. The van der Waals surface area contributed by atoms with E-state index in [1.54, 1.807) is 4.90 Å². The average Bonchev–Trinajstić information content (AvgIpc) is 3.27. The van der Waals surface area contributed by atoms with Crippen molar-refractivity contribution in [2.24, 2.45) is 0 Å². The number of benzene rings is 1. The van der Waals surface area contributed by atoms with Crippen LogP contribution >= 0.6 is 22.6 Å². The van der Waals surface area contributed by atoms with E-state index in [1.165, 1.54) is 0 Å². The summed E-state index contributed by atoms with van der Waals surface area (Å²) >= 11 is 2.23. The molecule has 2 fully saturated rings. The smallest absolute Gasteiger partial charge is 0.410 e. The van der Waals surface area contributed by atoms with Crippen LogP contribution in [0.2, 0.25) is 0 Å².